The Morgan fingerprint density at radius 2 is 1.59 bits per heavy atom. The molecule has 0 amide bonds. The standard InChI is InChI=1S/C18H13BO2S/c20-19-21-14-5-3-4-12(10-14)13-8-9-18-16(11-13)15-6-1-2-7-17(15)22-18/h1-11,19-20H. The monoisotopic (exact) mass is 304 g/mol. The van der Waals surface area contributed by atoms with E-state index in [1.165, 1.54) is 20.2 Å². The Labute approximate surface area is 132 Å². The Kier molecular flexibility index (Phi) is 3.33. The molecule has 4 heteroatoms. The Hall–Kier alpha value is -2.30. The molecule has 0 aliphatic heterocycles. The molecule has 0 fully saturated rings. The summed E-state index contributed by atoms with van der Waals surface area (Å²) in [6.45, 7) is 0. The van der Waals surface area contributed by atoms with Crippen LogP contribution < -0.4 is 4.65 Å². The molecule has 3 aromatic carbocycles. The van der Waals surface area contributed by atoms with Gasteiger partial charge in [0.1, 0.15) is 5.75 Å². The lowest BCUT2D eigenvalue weighted by Crippen LogP contribution is -1.99. The fourth-order valence-electron chi connectivity index (χ4n) is 2.75. The van der Waals surface area contributed by atoms with Gasteiger partial charge in [-0.05, 0) is 41.5 Å². The predicted molar refractivity (Wildman–Crippen MR) is 94.8 cm³/mol. The summed E-state index contributed by atoms with van der Waals surface area (Å²) in [4.78, 5) is 0. The first kappa shape index (κ1) is 13.4. The molecule has 0 bridgehead atoms. The van der Waals surface area contributed by atoms with Gasteiger partial charge in [0.05, 0.1) is 0 Å². The molecule has 0 radical (unpaired) electrons. The van der Waals surface area contributed by atoms with Gasteiger partial charge < -0.3 is 9.68 Å². The van der Waals surface area contributed by atoms with Crippen molar-refractivity contribution in [1.29, 1.82) is 0 Å². The third-order valence-electron chi connectivity index (χ3n) is 3.78. The maximum absolute atomic E-state index is 8.89. The Morgan fingerprint density at radius 3 is 2.50 bits per heavy atom. The molecule has 4 rings (SSSR count). The molecule has 2 nitrogen and oxygen atoms in total. The van der Waals surface area contributed by atoms with Crippen LogP contribution >= 0.6 is 11.3 Å². The highest BCUT2D eigenvalue weighted by atomic mass is 32.1. The molecule has 0 atom stereocenters. The van der Waals surface area contributed by atoms with E-state index in [0.29, 0.717) is 5.75 Å². The Morgan fingerprint density at radius 1 is 0.773 bits per heavy atom. The van der Waals surface area contributed by atoms with Gasteiger partial charge in [-0.25, -0.2) is 0 Å². The quantitative estimate of drug-likeness (QED) is 0.570. The number of fused-ring (bicyclic) bond motifs is 3. The van der Waals surface area contributed by atoms with E-state index in [2.05, 4.69) is 48.5 Å². The predicted octanol–water partition coefficient (Wildman–Crippen LogP) is 4.36. The van der Waals surface area contributed by atoms with E-state index in [1.54, 1.807) is 0 Å². The molecule has 1 heterocycles. The molecule has 0 saturated carbocycles. The summed E-state index contributed by atoms with van der Waals surface area (Å²) < 4.78 is 7.78. The highest BCUT2D eigenvalue weighted by Gasteiger charge is 2.07. The van der Waals surface area contributed by atoms with Gasteiger partial charge in [0.15, 0.2) is 0 Å². The van der Waals surface area contributed by atoms with Crippen LogP contribution in [0.2, 0.25) is 0 Å². The van der Waals surface area contributed by atoms with Gasteiger partial charge in [0.25, 0.3) is 0 Å². The molecule has 0 saturated heterocycles. The van der Waals surface area contributed by atoms with Crippen LogP contribution in [-0.4, -0.2) is 12.7 Å². The fourth-order valence-corrected chi connectivity index (χ4v) is 3.83. The molecular weight excluding hydrogens is 291 g/mol. The average Bonchev–Trinajstić information content (AvgIpc) is 2.93. The maximum atomic E-state index is 8.89. The number of rotatable bonds is 3. The maximum Gasteiger partial charge on any atom is 0.504 e. The lowest BCUT2D eigenvalue weighted by molar-refractivity contribution is 0.454. The molecule has 106 valence electrons. The van der Waals surface area contributed by atoms with Crippen molar-refractivity contribution in [2.45, 2.75) is 0 Å². The van der Waals surface area contributed by atoms with E-state index in [-0.39, 0.29) is 7.69 Å². The summed E-state index contributed by atoms with van der Waals surface area (Å²) in [5, 5.41) is 11.5. The Balaban J connectivity index is 1.88. The number of hydrogen-bond donors (Lipinski definition) is 1. The second kappa shape index (κ2) is 5.48. The Bertz CT molecular complexity index is 962. The van der Waals surface area contributed by atoms with E-state index in [9.17, 15) is 0 Å². The molecule has 0 spiro atoms. The topological polar surface area (TPSA) is 29.5 Å². The van der Waals surface area contributed by atoms with Crippen molar-refractivity contribution in [3.8, 4) is 16.9 Å². The highest BCUT2D eigenvalue weighted by Crippen LogP contribution is 2.36. The van der Waals surface area contributed by atoms with Crippen molar-refractivity contribution in [3.05, 3.63) is 66.7 Å². The van der Waals surface area contributed by atoms with Crippen LogP contribution in [0.4, 0.5) is 0 Å². The summed E-state index contributed by atoms with van der Waals surface area (Å²) in [5.41, 5.74) is 2.24. The first-order chi connectivity index (χ1) is 10.8. The summed E-state index contributed by atoms with van der Waals surface area (Å²) >= 11 is 1.82. The highest BCUT2D eigenvalue weighted by molar-refractivity contribution is 7.25. The third-order valence-corrected chi connectivity index (χ3v) is 4.93. The van der Waals surface area contributed by atoms with E-state index in [4.69, 9.17) is 9.68 Å². The normalized spacial score (nSPS) is 11.0. The average molecular weight is 304 g/mol. The van der Waals surface area contributed by atoms with Crippen LogP contribution in [0.1, 0.15) is 0 Å². The van der Waals surface area contributed by atoms with E-state index < -0.39 is 0 Å². The number of benzene rings is 3. The molecule has 0 unspecified atom stereocenters. The van der Waals surface area contributed by atoms with Crippen LogP contribution in [0.5, 0.6) is 5.75 Å². The van der Waals surface area contributed by atoms with Gasteiger partial charge in [0, 0.05) is 20.2 Å². The zero-order valence-corrected chi connectivity index (χ0v) is 12.6. The van der Waals surface area contributed by atoms with Gasteiger partial charge in [-0.15, -0.1) is 11.3 Å². The number of hydrogen-bond acceptors (Lipinski definition) is 3. The van der Waals surface area contributed by atoms with Crippen molar-refractivity contribution >= 4 is 39.2 Å². The van der Waals surface area contributed by atoms with E-state index in [1.807, 2.05) is 29.5 Å². The van der Waals surface area contributed by atoms with Crippen LogP contribution in [0.25, 0.3) is 31.3 Å². The second-order valence-corrected chi connectivity index (χ2v) is 6.19. The summed E-state index contributed by atoms with van der Waals surface area (Å²) in [6, 6.07) is 22.8. The first-order valence-electron chi connectivity index (χ1n) is 7.10. The van der Waals surface area contributed by atoms with Crippen molar-refractivity contribution in [2.75, 3.05) is 0 Å². The molecule has 4 aromatic rings. The van der Waals surface area contributed by atoms with Crippen molar-refractivity contribution < 1.29 is 9.68 Å². The zero-order valence-electron chi connectivity index (χ0n) is 11.8. The lowest BCUT2D eigenvalue weighted by Gasteiger charge is -2.06. The van der Waals surface area contributed by atoms with Gasteiger partial charge >= 0.3 is 7.69 Å². The van der Waals surface area contributed by atoms with Crippen molar-refractivity contribution in [2.24, 2.45) is 0 Å². The molecular formula is C18H13BO2S. The largest absolute Gasteiger partial charge is 0.539 e. The minimum absolute atomic E-state index is 0.308. The fraction of sp³-hybridized carbons (Fsp3) is 0. The minimum atomic E-state index is -0.308. The van der Waals surface area contributed by atoms with Crippen LogP contribution in [0.15, 0.2) is 66.7 Å². The third kappa shape index (κ3) is 2.26. The van der Waals surface area contributed by atoms with Gasteiger partial charge in [-0.1, -0.05) is 36.4 Å². The summed E-state index contributed by atoms with van der Waals surface area (Å²) in [7, 11) is -0.308. The van der Waals surface area contributed by atoms with Gasteiger partial charge in [-0.3, -0.25) is 0 Å². The molecule has 0 aliphatic carbocycles. The second-order valence-electron chi connectivity index (χ2n) is 5.11. The van der Waals surface area contributed by atoms with Crippen LogP contribution in [0, 0.1) is 0 Å². The minimum Gasteiger partial charge on any atom is -0.539 e. The zero-order chi connectivity index (χ0) is 14.9. The number of thiophene rings is 1. The molecule has 1 aromatic heterocycles. The van der Waals surface area contributed by atoms with Crippen LogP contribution in [0.3, 0.4) is 0 Å². The molecule has 22 heavy (non-hydrogen) atoms. The van der Waals surface area contributed by atoms with Gasteiger partial charge in [0.2, 0.25) is 0 Å². The smallest absolute Gasteiger partial charge is 0.504 e. The summed E-state index contributed by atoms with van der Waals surface area (Å²) in [6.07, 6.45) is 0. The van der Waals surface area contributed by atoms with Crippen LogP contribution in [-0.2, 0) is 0 Å². The first-order valence-corrected chi connectivity index (χ1v) is 7.92. The lowest BCUT2D eigenvalue weighted by atomic mass is 10.0. The SMILES string of the molecule is OBOc1cccc(-c2ccc3sc4ccccc4c3c2)c1. The van der Waals surface area contributed by atoms with E-state index >= 15 is 0 Å². The molecule has 0 aliphatic rings. The summed E-state index contributed by atoms with van der Waals surface area (Å²) in [5.74, 6) is 0.676. The van der Waals surface area contributed by atoms with Gasteiger partial charge in [-0.2, -0.15) is 0 Å². The molecule has 1 N–H and O–H groups in total. The van der Waals surface area contributed by atoms with Crippen molar-refractivity contribution in [3.63, 3.8) is 0 Å². The van der Waals surface area contributed by atoms with Crippen molar-refractivity contribution in [1.82, 2.24) is 0 Å². The van der Waals surface area contributed by atoms with E-state index in [0.717, 1.165) is 11.1 Å².